The first kappa shape index (κ1) is 24.2. The molecule has 0 saturated heterocycles. The predicted molar refractivity (Wildman–Crippen MR) is 136 cm³/mol. The first-order chi connectivity index (χ1) is 16.1. The number of rotatable bonds is 6. The maximum atomic E-state index is 13.5. The fourth-order valence-corrected chi connectivity index (χ4v) is 5.88. The molecule has 1 aromatic rings. The molecule has 0 bridgehead atoms. The number of para-hydroxylation sites is 1. The van der Waals surface area contributed by atoms with Crippen LogP contribution in [0.25, 0.3) is 0 Å². The number of alkyl halides is 1. The van der Waals surface area contributed by atoms with E-state index >= 15 is 0 Å². The fourth-order valence-electron chi connectivity index (χ4n) is 5.88. The van der Waals surface area contributed by atoms with E-state index in [2.05, 4.69) is 98.9 Å². The van der Waals surface area contributed by atoms with Gasteiger partial charge in [-0.2, -0.15) is 0 Å². The second-order valence-electron chi connectivity index (χ2n) is 10.5. The number of ether oxygens (including phenoxy) is 1. The lowest BCUT2D eigenvalue weighted by atomic mass is 9.72. The third kappa shape index (κ3) is 3.95. The average Bonchev–Trinajstić information content (AvgIpc) is 3.16. The molecule has 1 aliphatic carbocycles. The lowest BCUT2D eigenvalue weighted by Crippen LogP contribution is -2.32. The van der Waals surface area contributed by atoms with Gasteiger partial charge in [-0.3, -0.25) is 4.79 Å². The van der Waals surface area contributed by atoms with Gasteiger partial charge < -0.3 is 9.64 Å². The van der Waals surface area contributed by atoms with Gasteiger partial charge in [0, 0.05) is 29.9 Å². The first-order valence-electron chi connectivity index (χ1n) is 12.0. The number of carbonyl (C=O) groups excluding carboxylic acids is 1. The van der Waals surface area contributed by atoms with Gasteiger partial charge in [-0.05, 0) is 43.2 Å². The highest BCUT2D eigenvalue weighted by atomic mass is 19.1. The van der Waals surface area contributed by atoms with Crippen LogP contribution in [0.15, 0.2) is 72.0 Å². The second-order valence-corrected chi connectivity index (χ2v) is 10.5. The summed E-state index contributed by atoms with van der Waals surface area (Å²) in [5.41, 5.74) is 5.37. The summed E-state index contributed by atoms with van der Waals surface area (Å²) in [6, 6.07) is 8.63. The molecule has 0 aromatic heterocycles. The van der Waals surface area contributed by atoms with Crippen molar-refractivity contribution in [1.82, 2.24) is 0 Å². The maximum Gasteiger partial charge on any atom is 0.311 e. The van der Waals surface area contributed by atoms with Crippen LogP contribution >= 0.6 is 0 Å². The molecule has 1 aromatic carbocycles. The van der Waals surface area contributed by atoms with Crippen LogP contribution in [0.4, 0.5) is 10.1 Å². The highest BCUT2D eigenvalue weighted by Gasteiger charge is 2.52. The summed E-state index contributed by atoms with van der Waals surface area (Å²) in [5.74, 6) is -0.0818. The topological polar surface area (TPSA) is 32.6 Å². The number of anilines is 1. The second kappa shape index (κ2) is 9.01. The molecule has 2 aliphatic heterocycles. The van der Waals surface area contributed by atoms with E-state index in [-0.39, 0.29) is 28.8 Å². The number of halogens is 1. The van der Waals surface area contributed by atoms with Gasteiger partial charge in [0.25, 0.3) is 0 Å². The third-order valence-electron chi connectivity index (χ3n) is 7.82. The zero-order valence-electron chi connectivity index (χ0n) is 21.1. The number of likely N-dealkylation sites (N-methyl/N-ethyl adjacent to an activating group) is 1. The van der Waals surface area contributed by atoms with Crippen molar-refractivity contribution in [3.8, 4) is 0 Å². The number of fused-ring (bicyclic) bond motifs is 2. The molecule has 0 fully saturated rings. The molecule has 2 heterocycles. The molecule has 34 heavy (non-hydrogen) atoms. The molecular formula is C29H36FN2O2+. The van der Waals surface area contributed by atoms with Crippen molar-refractivity contribution in [2.45, 2.75) is 45.6 Å². The zero-order chi connectivity index (χ0) is 24.7. The van der Waals surface area contributed by atoms with Crippen molar-refractivity contribution in [3.63, 3.8) is 0 Å². The summed E-state index contributed by atoms with van der Waals surface area (Å²) in [4.78, 5) is 14.2. The minimum absolute atomic E-state index is 0.0917. The lowest BCUT2D eigenvalue weighted by molar-refractivity contribution is -0.549. The summed E-state index contributed by atoms with van der Waals surface area (Å²) in [6.45, 7) is 9.04. The Morgan fingerprint density at radius 3 is 2.65 bits per heavy atom. The molecule has 180 valence electrons. The molecule has 2 atom stereocenters. The number of hydrogen-bond donors (Lipinski definition) is 0. The van der Waals surface area contributed by atoms with Crippen molar-refractivity contribution >= 4 is 17.4 Å². The van der Waals surface area contributed by atoms with Crippen LogP contribution in [-0.4, -0.2) is 49.7 Å². The number of allylic oxidation sites excluding steroid dienone is 6. The summed E-state index contributed by atoms with van der Waals surface area (Å²) in [6.07, 6.45) is 12.8. The Balaban J connectivity index is 1.71. The smallest absolute Gasteiger partial charge is 0.311 e. The molecule has 4 rings (SSSR count). The molecule has 0 amide bonds. The van der Waals surface area contributed by atoms with Crippen LogP contribution in [0.2, 0.25) is 0 Å². The maximum absolute atomic E-state index is 13.5. The standard InChI is InChI=1S/C29H36FN2O2/c1-28(2)21-10-7-8-11-23(21)31(5)25(28)12-9-13-26-29(3,4)22-18-20(19-30)14-15-24(22)32(26)17-16-27(33)34-6/h7-15,18,22,24H,16-17,19H2,1-6H3/q+1. The van der Waals surface area contributed by atoms with E-state index in [0.29, 0.717) is 13.0 Å². The van der Waals surface area contributed by atoms with Crippen LogP contribution in [0.3, 0.4) is 0 Å². The van der Waals surface area contributed by atoms with E-state index in [4.69, 9.17) is 4.74 Å². The Hall–Kier alpha value is -2.95. The molecule has 2 unspecified atom stereocenters. The number of nitrogens with zero attached hydrogens (tertiary/aromatic N) is 2. The molecule has 0 radical (unpaired) electrons. The summed E-state index contributed by atoms with van der Waals surface area (Å²) >= 11 is 0. The molecule has 4 nitrogen and oxygen atoms in total. The minimum Gasteiger partial charge on any atom is -0.469 e. The number of benzene rings is 1. The number of methoxy groups -OCH3 is 1. The molecule has 0 spiro atoms. The van der Waals surface area contributed by atoms with E-state index in [1.807, 2.05) is 6.08 Å². The van der Waals surface area contributed by atoms with E-state index in [1.54, 1.807) is 0 Å². The van der Waals surface area contributed by atoms with E-state index in [1.165, 1.54) is 24.1 Å². The molecular weight excluding hydrogens is 427 g/mol. The summed E-state index contributed by atoms with van der Waals surface area (Å²) in [7, 11) is 3.54. The number of hydrogen-bond acceptors (Lipinski definition) is 3. The Bertz CT molecular complexity index is 1140. The molecule has 3 aliphatic rings. The fraction of sp³-hybridized carbons (Fsp3) is 0.448. The van der Waals surface area contributed by atoms with Gasteiger partial charge in [0.2, 0.25) is 0 Å². The summed E-state index contributed by atoms with van der Waals surface area (Å²) in [5, 5.41) is 0. The van der Waals surface area contributed by atoms with Crippen molar-refractivity contribution in [3.05, 3.63) is 77.6 Å². The van der Waals surface area contributed by atoms with Gasteiger partial charge >= 0.3 is 5.97 Å². The highest BCUT2D eigenvalue weighted by Crippen LogP contribution is 2.47. The Morgan fingerprint density at radius 1 is 1.24 bits per heavy atom. The third-order valence-corrected chi connectivity index (χ3v) is 7.82. The number of esters is 1. The van der Waals surface area contributed by atoms with Gasteiger partial charge in [0.15, 0.2) is 18.3 Å². The number of carbonyl (C=O) groups is 1. The van der Waals surface area contributed by atoms with Crippen molar-refractivity contribution in [2.24, 2.45) is 11.3 Å². The molecule has 0 N–H and O–H groups in total. The van der Waals surface area contributed by atoms with Crippen LogP contribution in [0, 0.1) is 11.3 Å². The Morgan fingerprint density at radius 2 is 1.97 bits per heavy atom. The van der Waals surface area contributed by atoms with Crippen molar-refractivity contribution in [2.75, 3.05) is 32.3 Å². The van der Waals surface area contributed by atoms with E-state index < -0.39 is 6.67 Å². The predicted octanol–water partition coefficient (Wildman–Crippen LogP) is 5.36. The highest BCUT2D eigenvalue weighted by molar-refractivity contribution is 5.97. The van der Waals surface area contributed by atoms with Crippen LogP contribution < -0.4 is 4.90 Å². The van der Waals surface area contributed by atoms with Crippen LogP contribution in [0.1, 0.15) is 39.7 Å². The van der Waals surface area contributed by atoms with Crippen molar-refractivity contribution in [1.29, 1.82) is 0 Å². The lowest BCUT2D eigenvalue weighted by Gasteiger charge is -2.25. The molecule has 5 heteroatoms. The minimum atomic E-state index is -0.461. The monoisotopic (exact) mass is 463 g/mol. The van der Waals surface area contributed by atoms with Crippen LogP contribution in [-0.2, 0) is 14.9 Å². The quantitative estimate of drug-likeness (QED) is 0.421. The van der Waals surface area contributed by atoms with Gasteiger partial charge in [-0.1, -0.05) is 50.3 Å². The van der Waals surface area contributed by atoms with Crippen LogP contribution in [0.5, 0.6) is 0 Å². The van der Waals surface area contributed by atoms with E-state index in [9.17, 15) is 9.18 Å². The van der Waals surface area contributed by atoms with Gasteiger partial charge in [0.1, 0.15) is 13.1 Å². The average molecular weight is 464 g/mol. The SMILES string of the molecule is COC(=O)CC[N+]1=C(/C=C/C=C2/N(C)c3ccccc3C2(C)C)C(C)(C)C2C=C(CF)C=CC21. The molecule has 0 saturated carbocycles. The summed E-state index contributed by atoms with van der Waals surface area (Å²) < 4.78 is 20.6. The normalized spacial score (nSPS) is 25.7. The van der Waals surface area contributed by atoms with Crippen molar-refractivity contribution < 1.29 is 18.5 Å². The largest absolute Gasteiger partial charge is 0.469 e. The Kier molecular flexibility index (Phi) is 6.41. The van der Waals surface area contributed by atoms with Gasteiger partial charge in [-0.15, -0.1) is 0 Å². The zero-order valence-corrected chi connectivity index (χ0v) is 21.1. The van der Waals surface area contributed by atoms with Gasteiger partial charge in [0.05, 0.1) is 18.4 Å². The van der Waals surface area contributed by atoms with Gasteiger partial charge in [-0.25, -0.2) is 8.97 Å². The van der Waals surface area contributed by atoms with E-state index in [0.717, 1.165) is 11.3 Å². The first-order valence-corrected chi connectivity index (χ1v) is 12.0. The Labute approximate surface area is 202 Å².